The summed E-state index contributed by atoms with van der Waals surface area (Å²) in [6, 6.07) is 2.02. The molecule has 0 saturated carbocycles. The molecular formula is C10H8Br2IN3S. The van der Waals surface area contributed by atoms with Crippen molar-refractivity contribution < 1.29 is 0 Å². The lowest BCUT2D eigenvalue weighted by Gasteiger charge is -2.05. The summed E-state index contributed by atoms with van der Waals surface area (Å²) in [5.74, 6) is 1.64. The van der Waals surface area contributed by atoms with E-state index < -0.39 is 0 Å². The fourth-order valence-corrected chi connectivity index (χ4v) is 3.66. The number of aromatic nitrogens is 2. The topological polar surface area (TPSA) is 37.8 Å². The number of nitrogens with zero attached hydrogens (tertiary/aromatic N) is 2. The zero-order valence-electron chi connectivity index (χ0n) is 8.80. The minimum absolute atomic E-state index is 0.748. The molecule has 0 amide bonds. The quantitative estimate of drug-likeness (QED) is 0.633. The molecule has 1 N–H and O–H groups in total. The molecule has 0 unspecified atom stereocenters. The molecule has 2 aromatic heterocycles. The molecule has 0 fully saturated rings. The van der Waals surface area contributed by atoms with Crippen LogP contribution in [0.1, 0.15) is 6.92 Å². The molecule has 3 nitrogen and oxygen atoms in total. The van der Waals surface area contributed by atoms with E-state index in [0.717, 1.165) is 34.9 Å². The Kier molecular flexibility index (Phi) is 4.79. The fourth-order valence-electron chi connectivity index (χ4n) is 1.23. The molecule has 0 aliphatic rings. The number of nitrogens with one attached hydrogen (secondary N) is 1. The molecule has 0 saturated heterocycles. The van der Waals surface area contributed by atoms with Crippen LogP contribution in [0.5, 0.6) is 0 Å². The van der Waals surface area contributed by atoms with Gasteiger partial charge in [-0.05, 0) is 67.4 Å². The SMILES string of the molecule is CCNc1nc(-c2cc(Br)c(Br)s2)ncc1I. The van der Waals surface area contributed by atoms with Crippen LogP contribution in [-0.4, -0.2) is 16.5 Å². The van der Waals surface area contributed by atoms with E-state index in [4.69, 9.17) is 0 Å². The third-order valence-electron chi connectivity index (χ3n) is 1.95. The Bertz CT molecular complexity index is 525. The van der Waals surface area contributed by atoms with E-state index >= 15 is 0 Å². The zero-order valence-corrected chi connectivity index (χ0v) is 14.9. The van der Waals surface area contributed by atoms with Gasteiger partial charge in [0.1, 0.15) is 5.82 Å². The lowest BCUT2D eigenvalue weighted by atomic mass is 10.4. The van der Waals surface area contributed by atoms with E-state index in [1.165, 1.54) is 0 Å². The van der Waals surface area contributed by atoms with Gasteiger partial charge < -0.3 is 5.32 Å². The summed E-state index contributed by atoms with van der Waals surface area (Å²) in [6.45, 7) is 2.90. The van der Waals surface area contributed by atoms with Crippen molar-refractivity contribution in [2.75, 3.05) is 11.9 Å². The molecule has 2 rings (SSSR count). The van der Waals surface area contributed by atoms with Gasteiger partial charge in [-0.1, -0.05) is 0 Å². The highest BCUT2D eigenvalue weighted by Gasteiger charge is 2.11. The van der Waals surface area contributed by atoms with Crippen LogP contribution in [0.15, 0.2) is 20.5 Å². The van der Waals surface area contributed by atoms with E-state index in [1.54, 1.807) is 11.3 Å². The van der Waals surface area contributed by atoms with Crippen molar-refractivity contribution in [1.29, 1.82) is 0 Å². The molecule has 7 heteroatoms. The van der Waals surface area contributed by atoms with E-state index in [-0.39, 0.29) is 0 Å². The number of thiophene rings is 1. The van der Waals surface area contributed by atoms with Crippen LogP contribution in [0.4, 0.5) is 5.82 Å². The van der Waals surface area contributed by atoms with E-state index in [9.17, 15) is 0 Å². The first-order chi connectivity index (χ1) is 8.11. The number of anilines is 1. The van der Waals surface area contributed by atoms with Gasteiger partial charge >= 0.3 is 0 Å². The summed E-state index contributed by atoms with van der Waals surface area (Å²) < 4.78 is 3.12. The third kappa shape index (κ3) is 3.18. The Balaban J connectivity index is 2.42. The number of rotatable bonds is 3. The molecule has 2 heterocycles. The summed E-state index contributed by atoms with van der Waals surface area (Å²) in [5, 5.41) is 3.23. The van der Waals surface area contributed by atoms with Crippen LogP contribution in [0, 0.1) is 3.57 Å². The van der Waals surface area contributed by atoms with Crippen LogP contribution in [0.25, 0.3) is 10.7 Å². The van der Waals surface area contributed by atoms with Gasteiger partial charge in [0.05, 0.1) is 12.2 Å². The van der Waals surface area contributed by atoms with Gasteiger partial charge in [-0.25, -0.2) is 9.97 Å². The molecule has 0 bridgehead atoms. The minimum Gasteiger partial charge on any atom is -0.369 e. The van der Waals surface area contributed by atoms with Crippen LogP contribution in [0.3, 0.4) is 0 Å². The van der Waals surface area contributed by atoms with E-state index in [2.05, 4.69) is 76.7 Å². The van der Waals surface area contributed by atoms with E-state index in [0.29, 0.717) is 0 Å². The summed E-state index contributed by atoms with van der Waals surface area (Å²) in [6.07, 6.45) is 1.84. The van der Waals surface area contributed by atoms with Crippen molar-refractivity contribution in [3.63, 3.8) is 0 Å². The Labute approximate surface area is 134 Å². The van der Waals surface area contributed by atoms with Crippen molar-refractivity contribution in [3.8, 4) is 10.7 Å². The monoisotopic (exact) mass is 487 g/mol. The molecular weight excluding hydrogens is 481 g/mol. The highest BCUT2D eigenvalue weighted by atomic mass is 127. The van der Waals surface area contributed by atoms with Crippen LogP contribution in [-0.2, 0) is 0 Å². The summed E-state index contributed by atoms with van der Waals surface area (Å²) in [4.78, 5) is 9.92. The maximum absolute atomic E-state index is 4.53. The molecule has 0 aliphatic heterocycles. The second-order valence-electron chi connectivity index (χ2n) is 3.15. The largest absolute Gasteiger partial charge is 0.369 e. The molecule has 0 aromatic carbocycles. The maximum atomic E-state index is 4.53. The molecule has 2 aromatic rings. The Morgan fingerprint density at radius 2 is 2.24 bits per heavy atom. The lowest BCUT2D eigenvalue weighted by Crippen LogP contribution is -2.03. The smallest absolute Gasteiger partial charge is 0.171 e. The first-order valence-electron chi connectivity index (χ1n) is 4.83. The van der Waals surface area contributed by atoms with Crippen molar-refractivity contribution in [1.82, 2.24) is 9.97 Å². The molecule has 0 atom stereocenters. The third-order valence-corrected chi connectivity index (χ3v) is 6.00. The Morgan fingerprint density at radius 3 is 2.82 bits per heavy atom. The maximum Gasteiger partial charge on any atom is 0.171 e. The van der Waals surface area contributed by atoms with Crippen LogP contribution in [0.2, 0.25) is 0 Å². The number of hydrogen-bond acceptors (Lipinski definition) is 4. The van der Waals surface area contributed by atoms with Gasteiger partial charge in [-0.15, -0.1) is 11.3 Å². The number of hydrogen-bond donors (Lipinski definition) is 1. The van der Waals surface area contributed by atoms with E-state index in [1.807, 2.05) is 12.3 Å². The molecule has 0 radical (unpaired) electrons. The minimum atomic E-state index is 0.748. The highest BCUT2D eigenvalue weighted by molar-refractivity contribution is 14.1. The predicted octanol–water partition coefficient (Wildman–Crippen LogP) is 4.77. The Morgan fingerprint density at radius 1 is 1.47 bits per heavy atom. The van der Waals surface area contributed by atoms with Gasteiger partial charge in [-0.2, -0.15) is 0 Å². The summed E-state index contributed by atoms with van der Waals surface area (Å²) in [7, 11) is 0. The highest BCUT2D eigenvalue weighted by Crippen LogP contribution is 2.37. The second-order valence-corrected chi connectivity index (χ2v) is 7.54. The van der Waals surface area contributed by atoms with Gasteiger partial charge in [0.15, 0.2) is 5.82 Å². The van der Waals surface area contributed by atoms with Crippen LogP contribution < -0.4 is 5.32 Å². The first-order valence-corrected chi connectivity index (χ1v) is 8.31. The molecule has 90 valence electrons. The average Bonchev–Trinajstić information content (AvgIpc) is 2.63. The second kappa shape index (κ2) is 5.94. The normalized spacial score (nSPS) is 10.6. The van der Waals surface area contributed by atoms with Gasteiger partial charge in [-0.3, -0.25) is 0 Å². The van der Waals surface area contributed by atoms with Gasteiger partial charge in [0.25, 0.3) is 0 Å². The standard InChI is InChI=1S/C10H8Br2IN3S/c1-2-14-9-6(13)4-15-10(16-9)7-3-5(11)8(12)17-7/h3-4H,2H2,1H3,(H,14,15,16). The fraction of sp³-hybridized carbons (Fsp3) is 0.200. The predicted molar refractivity (Wildman–Crippen MR) is 87.6 cm³/mol. The van der Waals surface area contributed by atoms with Crippen molar-refractivity contribution in [2.45, 2.75) is 6.92 Å². The molecule has 17 heavy (non-hydrogen) atoms. The summed E-state index contributed by atoms with van der Waals surface area (Å²) in [5.41, 5.74) is 0. The van der Waals surface area contributed by atoms with Crippen molar-refractivity contribution in [2.24, 2.45) is 0 Å². The molecule has 0 spiro atoms. The molecule has 0 aliphatic carbocycles. The van der Waals surface area contributed by atoms with Crippen LogP contribution >= 0.6 is 65.8 Å². The first kappa shape index (κ1) is 13.7. The van der Waals surface area contributed by atoms with Crippen molar-refractivity contribution >= 4 is 71.6 Å². The Hall–Kier alpha value is 0.270. The zero-order chi connectivity index (χ0) is 12.4. The van der Waals surface area contributed by atoms with Gasteiger partial charge in [0, 0.05) is 17.2 Å². The average molecular weight is 489 g/mol. The number of halogens is 3. The lowest BCUT2D eigenvalue weighted by molar-refractivity contribution is 1.11. The summed E-state index contributed by atoms with van der Waals surface area (Å²) >= 11 is 10.8. The van der Waals surface area contributed by atoms with Gasteiger partial charge in [0.2, 0.25) is 0 Å². The van der Waals surface area contributed by atoms with Crippen molar-refractivity contribution in [3.05, 3.63) is 24.1 Å².